The molecule has 0 atom stereocenters. The number of sulfonamides is 1. The van der Waals surface area contributed by atoms with Gasteiger partial charge in [0, 0.05) is 5.69 Å². The van der Waals surface area contributed by atoms with Crippen LogP contribution >= 0.6 is 0 Å². The number of hydrogen-bond donors (Lipinski definition) is 2. The van der Waals surface area contributed by atoms with Crippen molar-refractivity contribution in [3.63, 3.8) is 0 Å². The summed E-state index contributed by atoms with van der Waals surface area (Å²) in [5, 5.41) is 2.68. The van der Waals surface area contributed by atoms with Crippen LogP contribution in [-0.2, 0) is 14.8 Å². The van der Waals surface area contributed by atoms with Crippen molar-refractivity contribution < 1.29 is 22.7 Å². The van der Waals surface area contributed by atoms with Gasteiger partial charge in [-0.1, -0.05) is 12.1 Å². The second-order valence-corrected chi connectivity index (χ2v) is 8.64. The van der Waals surface area contributed by atoms with Gasteiger partial charge in [0.1, 0.15) is 11.5 Å². The lowest BCUT2D eigenvalue weighted by Crippen LogP contribution is -2.20. The van der Waals surface area contributed by atoms with Crippen LogP contribution in [0.2, 0.25) is 0 Å². The van der Waals surface area contributed by atoms with Crippen LogP contribution in [0.1, 0.15) is 11.1 Å². The quantitative estimate of drug-likeness (QED) is 0.549. The number of carbonyl (C=O) groups excluding carboxylic acids is 1. The molecule has 8 heteroatoms. The Bertz CT molecular complexity index is 1160. The Morgan fingerprint density at radius 3 is 2.19 bits per heavy atom. The molecule has 0 fully saturated rings. The van der Waals surface area contributed by atoms with E-state index in [2.05, 4.69) is 10.0 Å². The van der Waals surface area contributed by atoms with Gasteiger partial charge in [0.15, 0.2) is 6.61 Å². The topological polar surface area (TPSA) is 93.7 Å². The molecule has 0 aliphatic rings. The summed E-state index contributed by atoms with van der Waals surface area (Å²) >= 11 is 0. The van der Waals surface area contributed by atoms with Crippen LogP contribution in [0.4, 0.5) is 11.4 Å². The summed E-state index contributed by atoms with van der Waals surface area (Å²) in [5.41, 5.74) is 2.79. The maximum atomic E-state index is 12.7. The highest BCUT2D eigenvalue weighted by atomic mass is 32.2. The summed E-state index contributed by atoms with van der Waals surface area (Å²) in [6.07, 6.45) is 0. The Labute approximate surface area is 182 Å². The number of amides is 1. The number of aryl methyl sites for hydroxylation is 2. The van der Waals surface area contributed by atoms with Gasteiger partial charge in [0.25, 0.3) is 15.9 Å². The van der Waals surface area contributed by atoms with Gasteiger partial charge in [0.2, 0.25) is 0 Å². The Morgan fingerprint density at radius 1 is 0.903 bits per heavy atom. The normalized spacial score (nSPS) is 10.9. The second-order valence-electron chi connectivity index (χ2n) is 6.96. The first-order chi connectivity index (χ1) is 14.8. The molecule has 2 N–H and O–H groups in total. The van der Waals surface area contributed by atoms with Crippen LogP contribution in [-0.4, -0.2) is 28.0 Å². The molecule has 31 heavy (non-hydrogen) atoms. The molecule has 0 aliphatic carbocycles. The maximum absolute atomic E-state index is 12.7. The molecule has 0 heterocycles. The smallest absolute Gasteiger partial charge is 0.262 e. The summed E-state index contributed by atoms with van der Waals surface area (Å²) in [4.78, 5) is 12.2. The van der Waals surface area contributed by atoms with Gasteiger partial charge in [-0.3, -0.25) is 9.52 Å². The molecule has 162 valence electrons. The third kappa shape index (κ3) is 5.99. The molecule has 0 saturated carbocycles. The average Bonchev–Trinajstić information content (AvgIpc) is 2.75. The predicted molar refractivity (Wildman–Crippen MR) is 120 cm³/mol. The monoisotopic (exact) mass is 440 g/mol. The van der Waals surface area contributed by atoms with Crippen LogP contribution < -0.4 is 19.5 Å². The van der Waals surface area contributed by atoms with Gasteiger partial charge < -0.3 is 14.8 Å². The van der Waals surface area contributed by atoms with Gasteiger partial charge in [-0.25, -0.2) is 8.42 Å². The zero-order valence-corrected chi connectivity index (χ0v) is 18.3. The van der Waals surface area contributed by atoms with Crippen molar-refractivity contribution in [2.45, 2.75) is 18.7 Å². The fourth-order valence-corrected chi connectivity index (χ4v) is 3.91. The molecule has 0 unspecified atom stereocenters. The van der Waals surface area contributed by atoms with Crippen molar-refractivity contribution in [1.29, 1.82) is 0 Å². The number of carbonyl (C=O) groups is 1. The minimum Gasteiger partial charge on any atom is -0.497 e. The summed E-state index contributed by atoms with van der Waals surface area (Å²) in [7, 11) is -2.18. The SMILES string of the molecule is COc1ccc(OCC(=O)Nc2ccc(S(=O)(=O)Nc3cc(C)ccc3C)cc2)cc1. The molecule has 0 saturated heterocycles. The van der Waals surface area contributed by atoms with Crippen molar-refractivity contribution >= 4 is 27.3 Å². The highest BCUT2D eigenvalue weighted by Gasteiger charge is 2.15. The van der Waals surface area contributed by atoms with Gasteiger partial charge in [-0.15, -0.1) is 0 Å². The molecule has 3 aromatic carbocycles. The number of nitrogens with one attached hydrogen (secondary N) is 2. The fourth-order valence-electron chi connectivity index (χ4n) is 2.78. The lowest BCUT2D eigenvalue weighted by molar-refractivity contribution is -0.118. The van der Waals surface area contributed by atoms with Crippen molar-refractivity contribution in [3.05, 3.63) is 77.9 Å². The maximum Gasteiger partial charge on any atom is 0.262 e. The summed E-state index contributed by atoms with van der Waals surface area (Å²) < 4.78 is 38.5. The van der Waals surface area contributed by atoms with Crippen LogP contribution in [0.25, 0.3) is 0 Å². The van der Waals surface area contributed by atoms with Gasteiger partial charge in [-0.2, -0.15) is 0 Å². The van der Waals surface area contributed by atoms with Crippen molar-refractivity contribution in [2.24, 2.45) is 0 Å². The average molecular weight is 441 g/mol. The molecule has 0 aliphatic heterocycles. The van der Waals surface area contributed by atoms with Gasteiger partial charge >= 0.3 is 0 Å². The van der Waals surface area contributed by atoms with E-state index < -0.39 is 10.0 Å². The molecule has 3 aromatic rings. The number of hydrogen-bond acceptors (Lipinski definition) is 5. The minimum atomic E-state index is -3.75. The molecular weight excluding hydrogens is 416 g/mol. The van der Waals surface area contributed by atoms with Crippen molar-refractivity contribution in [3.8, 4) is 11.5 Å². The van der Waals surface area contributed by atoms with Crippen LogP contribution in [0, 0.1) is 13.8 Å². The molecular formula is C23H24N2O5S. The van der Waals surface area contributed by atoms with E-state index in [1.54, 1.807) is 37.4 Å². The van der Waals surface area contributed by atoms with E-state index in [0.29, 0.717) is 22.9 Å². The fraction of sp³-hybridized carbons (Fsp3) is 0.174. The van der Waals surface area contributed by atoms with E-state index in [-0.39, 0.29) is 17.4 Å². The standard InChI is InChI=1S/C23H24N2O5S/c1-16-4-5-17(2)22(14-16)25-31(27,28)21-12-6-18(7-13-21)24-23(26)15-30-20-10-8-19(29-3)9-11-20/h4-14,25H,15H2,1-3H3,(H,24,26). The number of anilines is 2. The van der Waals surface area contributed by atoms with Gasteiger partial charge in [0.05, 0.1) is 17.7 Å². The number of ether oxygens (including phenoxy) is 2. The highest BCUT2D eigenvalue weighted by Crippen LogP contribution is 2.22. The molecule has 0 spiro atoms. The summed E-state index contributed by atoms with van der Waals surface area (Å²) in [5.74, 6) is 0.869. The summed E-state index contributed by atoms with van der Waals surface area (Å²) in [6.45, 7) is 3.55. The van der Waals surface area contributed by atoms with E-state index in [4.69, 9.17) is 9.47 Å². The third-order valence-electron chi connectivity index (χ3n) is 4.52. The largest absolute Gasteiger partial charge is 0.497 e. The Kier molecular flexibility index (Phi) is 6.81. The molecule has 7 nitrogen and oxygen atoms in total. The Balaban J connectivity index is 1.59. The number of benzene rings is 3. The molecule has 3 rings (SSSR count). The van der Waals surface area contributed by atoms with E-state index >= 15 is 0 Å². The predicted octanol–water partition coefficient (Wildman–Crippen LogP) is 4.13. The molecule has 0 aromatic heterocycles. The van der Waals surface area contributed by atoms with Crippen LogP contribution in [0.15, 0.2) is 71.6 Å². The number of methoxy groups -OCH3 is 1. The van der Waals surface area contributed by atoms with Gasteiger partial charge in [-0.05, 0) is 79.6 Å². The van der Waals surface area contributed by atoms with E-state index in [0.717, 1.165) is 11.1 Å². The first-order valence-electron chi connectivity index (χ1n) is 9.54. The Morgan fingerprint density at radius 2 is 1.55 bits per heavy atom. The number of rotatable bonds is 8. The molecule has 0 radical (unpaired) electrons. The van der Waals surface area contributed by atoms with E-state index in [9.17, 15) is 13.2 Å². The van der Waals surface area contributed by atoms with Crippen molar-refractivity contribution in [2.75, 3.05) is 23.8 Å². The lowest BCUT2D eigenvalue weighted by atomic mass is 10.1. The third-order valence-corrected chi connectivity index (χ3v) is 5.90. The molecule has 1 amide bonds. The summed E-state index contributed by atoms with van der Waals surface area (Å²) in [6, 6.07) is 18.4. The zero-order chi connectivity index (χ0) is 22.4. The highest BCUT2D eigenvalue weighted by molar-refractivity contribution is 7.92. The lowest BCUT2D eigenvalue weighted by Gasteiger charge is -2.12. The first-order valence-corrected chi connectivity index (χ1v) is 11.0. The zero-order valence-electron chi connectivity index (χ0n) is 17.5. The van der Waals surface area contributed by atoms with Crippen LogP contribution in [0.3, 0.4) is 0 Å². The molecule has 0 bridgehead atoms. The second kappa shape index (κ2) is 9.53. The first kappa shape index (κ1) is 22.2. The van der Waals surface area contributed by atoms with Crippen molar-refractivity contribution in [1.82, 2.24) is 0 Å². The minimum absolute atomic E-state index is 0.0980. The van der Waals surface area contributed by atoms with E-state index in [1.165, 1.54) is 24.3 Å². The van der Waals surface area contributed by atoms with Crippen LogP contribution in [0.5, 0.6) is 11.5 Å². The van der Waals surface area contributed by atoms with E-state index in [1.807, 2.05) is 26.0 Å². The Hall–Kier alpha value is -3.52.